The molecule has 0 radical (unpaired) electrons. The fourth-order valence-electron chi connectivity index (χ4n) is 1.98. The Hall–Kier alpha value is -1.62. The van der Waals surface area contributed by atoms with Crippen molar-refractivity contribution in [2.45, 2.75) is 39.5 Å². The van der Waals surface area contributed by atoms with Crippen molar-refractivity contribution >= 4 is 0 Å². The Kier molecular flexibility index (Phi) is 6.89. The molecule has 1 aromatic rings. The Morgan fingerprint density at radius 2 is 2.11 bits per heavy atom. The number of unbranched alkanes of at least 4 members (excludes halogenated alkanes) is 1. The van der Waals surface area contributed by atoms with E-state index in [-0.39, 0.29) is 0 Å². The van der Waals surface area contributed by atoms with E-state index in [2.05, 4.69) is 19.8 Å². The SMILES string of the molecule is C#Cc1cc(OC)ccc1OCC(CC)CCCC. The van der Waals surface area contributed by atoms with E-state index in [0.717, 1.165) is 30.1 Å². The van der Waals surface area contributed by atoms with Crippen LogP contribution in [0.1, 0.15) is 45.1 Å². The van der Waals surface area contributed by atoms with Gasteiger partial charge in [0.2, 0.25) is 0 Å². The van der Waals surface area contributed by atoms with Crippen molar-refractivity contribution in [1.29, 1.82) is 0 Å². The van der Waals surface area contributed by atoms with Crippen LogP contribution >= 0.6 is 0 Å². The fourth-order valence-corrected chi connectivity index (χ4v) is 1.98. The van der Waals surface area contributed by atoms with E-state index in [0.29, 0.717) is 5.92 Å². The fraction of sp³-hybridized carbons (Fsp3) is 0.529. The Morgan fingerprint density at radius 1 is 1.32 bits per heavy atom. The molecule has 0 bridgehead atoms. The molecule has 0 heterocycles. The topological polar surface area (TPSA) is 18.5 Å². The molecule has 0 amide bonds. The molecule has 1 rings (SSSR count). The van der Waals surface area contributed by atoms with E-state index in [9.17, 15) is 0 Å². The molecule has 0 aliphatic rings. The lowest BCUT2D eigenvalue weighted by Gasteiger charge is -2.16. The molecule has 0 saturated carbocycles. The van der Waals surface area contributed by atoms with Crippen molar-refractivity contribution in [2.75, 3.05) is 13.7 Å². The summed E-state index contributed by atoms with van der Waals surface area (Å²) in [6, 6.07) is 5.60. The minimum absolute atomic E-state index is 0.604. The zero-order valence-electron chi connectivity index (χ0n) is 12.2. The number of ether oxygens (including phenoxy) is 2. The maximum Gasteiger partial charge on any atom is 0.135 e. The summed E-state index contributed by atoms with van der Waals surface area (Å²) >= 11 is 0. The van der Waals surface area contributed by atoms with Crippen molar-refractivity contribution in [3.8, 4) is 23.8 Å². The summed E-state index contributed by atoms with van der Waals surface area (Å²) in [6.07, 6.45) is 10.4. The van der Waals surface area contributed by atoms with Crippen LogP contribution in [0.2, 0.25) is 0 Å². The van der Waals surface area contributed by atoms with E-state index in [1.807, 2.05) is 18.2 Å². The smallest absolute Gasteiger partial charge is 0.135 e. The second-order valence-corrected chi connectivity index (χ2v) is 4.73. The molecule has 1 atom stereocenters. The van der Waals surface area contributed by atoms with Gasteiger partial charge in [0.15, 0.2) is 0 Å². The van der Waals surface area contributed by atoms with E-state index < -0.39 is 0 Å². The normalized spacial score (nSPS) is 11.7. The van der Waals surface area contributed by atoms with E-state index in [4.69, 9.17) is 15.9 Å². The average Bonchev–Trinajstić information content (AvgIpc) is 2.47. The molecule has 104 valence electrons. The Balaban J connectivity index is 2.63. The molecular weight excluding hydrogens is 236 g/mol. The minimum Gasteiger partial charge on any atom is -0.497 e. The van der Waals surface area contributed by atoms with Crippen LogP contribution in [0.3, 0.4) is 0 Å². The second-order valence-electron chi connectivity index (χ2n) is 4.73. The molecule has 2 heteroatoms. The lowest BCUT2D eigenvalue weighted by atomic mass is 10.0. The minimum atomic E-state index is 0.604. The van der Waals surface area contributed by atoms with Gasteiger partial charge in [0.25, 0.3) is 0 Å². The van der Waals surface area contributed by atoms with Crippen LogP contribution in [-0.2, 0) is 0 Å². The highest BCUT2D eigenvalue weighted by Gasteiger charge is 2.09. The van der Waals surface area contributed by atoms with Crippen molar-refractivity contribution < 1.29 is 9.47 Å². The molecule has 0 aliphatic carbocycles. The van der Waals surface area contributed by atoms with Crippen molar-refractivity contribution in [3.63, 3.8) is 0 Å². The molecule has 19 heavy (non-hydrogen) atoms. The van der Waals surface area contributed by atoms with Crippen molar-refractivity contribution in [2.24, 2.45) is 5.92 Å². The predicted molar refractivity (Wildman–Crippen MR) is 79.7 cm³/mol. The van der Waals surface area contributed by atoms with E-state index in [1.54, 1.807) is 7.11 Å². The van der Waals surface area contributed by atoms with Gasteiger partial charge in [-0.25, -0.2) is 0 Å². The summed E-state index contributed by atoms with van der Waals surface area (Å²) in [6.45, 7) is 5.16. The summed E-state index contributed by atoms with van der Waals surface area (Å²) in [5.74, 6) is 4.79. The van der Waals surface area contributed by atoms with Gasteiger partial charge in [-0.3, -0.25) is 0 Å². The molecular formula is C17H24O2. The van der Waals surface area contributed by atoms with Gasteiger partial charge in [-0.15, -0.1) is 6.42 Å². The summed E-state index contributed by atoms with van der Waals surface area (Å²) in [7, 11) is 1.63. The molecule has 2 nitrogen and oxygen atoms in total. The first kappa shape index (κ1) is 15.4. The largest absolute Gasteiger partial charge is 0.497 e. The van der Waals surface area contributed by atoms with Gasteiger partial charge < -0.3 is 9.47 Å². The maximum absolute atomic E-state index is 5.88. The predicted octanol–water partition coefficient (Wildman–Crippen LogP) is 4.27. The number of hydrogen-bond acceptors (Lipinski definition) is 2. The number of methoxy groups -OCH3 is 1. The van der Waals surface area contributed by atoms with Gasteiger partial charge in [0.1, 0.15) is 11.5 Å². The van der Waals surface area contributed by atoms with Crippen LogP contribution < -0.4 is 9.47 Å². The van der Waals surface area contributed by atoms with Crippen molar-refractivity contribution in [1.82, 2.24) is 0 Å². The lowest BCUT2D eigenvalue weighted by Crippen LogP contribution is -2.11. The summed E-state index contributed by atoms with van der Waals surface area (Å²) < 4.78 is 11.0. The monoisotopic (exact) mass is 260 g/mol. The first-order valence-corrected chi connectivity index (χ1v) is 7.02. The van der Waals surface area contributed by atoms with Crippen LogP contribution in [0.15, 0.2) is 18.2 Å². The molecule has 1 unspecified atom stereocenters. The third kappa shape index (κ3) is 4.87. The lowest BCUT2D eigenvalue weighted by molar-refractivity contribution is 0.232. The number of terminal acetylenes is 1. The first-order valence-electron chi connectivity index (χ1n) is 7.02. The van der Waals surface area contributed by atoms with Crippen molar-refractivity contribution in [3.05, 3.63) is 23.8 Å². The standard InChI is InChI=1S/C17H24O2/c1-5-8-9-14(6-2)13-19-17-11-10-16(18-4)12-15(17)7-3/h3,10-12,14H,5-6,8-9,13H2,1-2,4H3. The third-order valence-corrected chi connectivity index (χ3v) is 3.36. The summed E-state index contributed by atoms with van der Waals surface area (Å²) in [4.78, 5) is 0. The third-order valence-electron chi connectivity index (χ3n) is 3.36. The first-order chi connectivity index (χ1) is 9.24. The molecule has 0 fully saturated rings. The van der Waals surface area contributed by atoms with Gasteiger partial charge in [0.05, 0.1) is 19.3 Å². The van der Waals surface area contributed by atoms with Gasteiger partial charge in [-0.2, -0.15) is 0 Å². The zero-order chi connectivity index (χ0) is 14.1. The molecule has 1 aromatic carbocycles. The second kappa shape index (κ2) is 8.48. The Labute approximate surface area is 117 Å². The highest BCUT2D eigenvalue weighted by Crippen LogP contribution is 2.24. The van der Waals surface area contributed by atoms with Gasteiger partial charge in [0, 0.05) is 0 Å². The molecule has 0 N–H and O–H groups in total. The quantitative estimate of drug-likeness (QED) is 0.650. The summed E-state index contributed by atoms with van der Waals surface area (Å²) in [5, 5.41) is 0. The van der Waals surface area contributed by atoms with Crippen LogP contribution in [0.5, 0.6) is 11.5 Å². The Bertz CT molecular complexity index is 418. The average molecular weight is 260 g/mol. The van der Waals surface area contributed by atoms with Gasteiger partial charge in [-0.1, -0.05) is 39.0 Å². The van der Waals surface area contributed by atoms with Crippen LogP contribution in [0.4, 0.5) is 0 Å². The molecule has 0 spiro atoms. The van der Waals surface area contributed by atoms with Gasteiger partial charge in [-0.05, 0) is 30.5 Å². The molecule has 0 saturated heterocycles. The van der Waals surface area contributed by atoms with Crippen LogP contribution in [0, 0.1) is 18.3 Å². The number of hydrogen-bond donors (Lipinski definition) is 0. The zero-order valence-corrected chi connectivity index (χ0v) is 12.2. The highest BCUT2D eigenvalue weighted by atomic mass is 16.5. The Morgan fingerprint density at radius 3 is 2.68 bits per heavy atom. The number of rotatable bonds is 8. The maximum atomic E-state index is 5.88. The van der Waals surface area contributed by atoms with Crippen LogP contribution in [0.25, 0.3) is 0 Å². The van der Waals surface area contributed by atoms with E-state index >= 15 is 0 Å². The van der Waals surface area contributed by atoms with Crippen LogP contribution in [-0.4, -0.2) is 13.7 Å². The number of benzene rings is 1. The van der Waals surface area contributed by atoms with E-state index in [1.165, 1.54) is 19.3 Å². The molecule has 0 aromatic heterocycles. The molecule has 0 aliphatic heterocycles. The highest BCUT2D eigenvalue weighted by molar-refractivity contribution is 5.49. The summed E-state index contributed by atoms with van der Waals surface area (Å²) in [5.41, 5.74) is 0.754. The van der Waals surface area contributed by atoms with Gasteiger partial charge >= 0.3 is 0 Å².